The summed E-state index contributed by atoms with van der Waals surface area (Å²) in [6, 6.07) is 9.18. The Morgan fingerprint density at radius 3 is 2.76 bits per heavy atom. The van der Waals surface area contributed by atoms with Crippen LogP contribution < -0.4 is 0 Å². The van der Waals surface area contributed by atoms with Crippen LogP contribution in [0, 0.1) is 0 Å². The van der Waals surface area contributed by atoms with Gasteiger partial charge in [-0.1, -0.05) is 30.4 Å². The van der Waals surface area contributed by atoms with Gasteiger partial charge in [0.1, 0.15) is 5.69 Å². The first-order chi connectivity index (χ1) is 8.08. The molecule has 0 bridgehead atoms. The number of allylic oxidation sites excluding steroid dienone is 1. The van der Waals surface area contributed by atoms with Crippen LogP contribution in [0.3, 0.4) is 0 Å². The lowest BCUT2D eigenvalue weighted by Crippen LogP contribution is -1.95. The van der Waals surface area contributed by atoms with E-state index in [0.29, 0.717) is 5.69 Å². The quantitative estimate of drug-likeness (QED) is 0.848. The number of hydrogen-bond donors (Lipinski definition) is 2. The maximum Gasteiger partial charge on any atom is 0.353 e. The Hall–Kier alpha value is -2.36. The highest BCUT2D eigenvalue weighted by Gasteiger charge is 2.09. The van der Waals surface area contributed by atoms with Crippen LogP contribution in [0.25, 0.3) is 16.8 Å². The number of aromatic carboxylic acids is 1. The van der Waals surface area contributed by atoms with Crippen LogP contribution in [0.4, 0.5) is 0 Å². The van der Waals surface area contributed by atoms with E-state index in [0.717, 1.165) is 16.7 Å². The van der Waals surface area contributed by atoms with Gasteiger partial charge >= 0.3 is 5.97 Å². The topological polar surface area (TPSA) is 66.0 Å². The summed E-state index contributed by atoms with van der Waals surface area (Å²) >= 11 is 0. The molecule has 0 atom stereocenters. The molecule has 0 spiro atoms. The van der Waals surface area contributed by atoms with E-state index in [9.17, 15) is 4.79 Å². The van der Waals surface area contributed by atoms with E-state index in [1.807, 2.05) is 31.2 Å². The van der Waals surface area contributed by atoms with Gasteiger partial charge in [-0.25, -0.2) is 4.79 Å². The van der Waals surface area contributed by atoms with Crippen molar-refractivity contribution in [3.63, 3.8) is 0 Å². The first kappa shape index (κ1) is 11.1. The van der Waals surface area contributed by atoms with Crippen LogP contribution in [0.1, 0.15) is 23.0 Å². The third-order valence-electron chi connectivity index (χ3n) is 2.46. The van der Waals surface area contributed by atoms with Gasteiger partial charge in [0.2, 0.25) is 0 Å². The van der Waals surface area contributed by atoms with Gasteiger partial charge < -0.3 is 5.11 Å². The highest BCUT2D eigenvalue weighted by atomic mass is 16.4. The maximum absolute atomic E-state index is 10.7. The predicted octanol–water partition coefficient (Wildman–Crippen LogP) is 2.81. The summed E-state index contributed by atoms with van der Waals surface area (Å²) in [5.41, 5.74) is 3.55. The van der Waals surface area contributed by atoms with Crippen LogP contribution in [0.2, 0.25) is 0 Å². The van der Waals surface area contributed by atoms with Gasteiger partial charge in [0.05, 0.1) is 5.69 Å². The minimum absolute atomic E-state index is 0.0840. The van der Waals surface area contributed by atoms with E-state index in [1.165, 1.54) is 6.07 Å². The van der Waals surface area contributed by atoms with Crippen LogP contribution in [0.5, 0.6) is 0 Å². The number of benzene rings is 1. The van der Waals surface area contributed by atoms with E-state index in [4.69, 9.17) is 5.11 Å². The van der Waals surface area contributed by atoms with Gasteiger partial charge in [0.25, 0.3) is 0 Å². The number of hydrogen-bond acceptors (Lipinski definition) is 2. The summed E-state index contributed by atoms with van der Waals surface area (Å²) in [4.78, 5) is 10.7. The lowest BCUT2D eigenvalue weighted by Gasteiger charge is -2.01. The first-order valence-corrected chi connectivity index (χ1v) is 5.13. The second kappa shape index (κ2) is 4.25. The van der Waals surface area contributed by atoms with Gasteiger partial charge in [0.15, 0.2) is 0 Å². The fraction of sp³-hybridized carbons (Fsp3) is 0.0769. The number of carbonyl (C=O) groups is 1. The highest BCUT2D eigenvalue weighted by molar-refractivity contribution is 5.87. The molecule has 0 radical (unpaired) electrons. The van der Waals surface area contributed by atoms with Crippen molar-refractivity contribution in [1.82, 2.24) is 10.2 Å². The summed E-state index contributed by atoms with van der Waals surface area (Å²) in [5.74, 6) is -1.01. The van der Waals surface area contributed by atoms with Crippen molar-refractivity contribution < 1.29 is 9.90 Å². The van der Waals surface area contributed by atoms with E-state index < -0.39 is 5.97 Å². The fourth-order valence-corrected chi connectivity index (χ4v) is 1.52. The molecule has 0 aliphatic rings. The normalized spacial score (nSPS) is 10.2. The molecule has 17 heavy (non-hydrogen) atoms. The number of aromatic nitrogens is 2. The zero-order valence-corrected chi connectivity index (χ0v) is 9.40. The van der Waals surface area contributed by atoms with Crippen molar-refractivity contribution in [3.8, 4) is 11.3 Å². The number of H-pyrrole nitrogens is 1. The lowest BCUT2D eigenvalue weighted by atomic mass is 10.0. The van der Waals surface area contributed by atoms with Gasteiger partial charge in [-0.2, -0.15) is 5.10 Å². The van der Waals surface area contributed by atoms with Crippen LogP contribution in [-0.2, 0) is 0 Å². The Kier molecular flexibility index (Phi) is 2.78. The molecule has 0 saturated carbocycles. The molecular formula is C13H12N2O2. The standard InChI is InChI=1S/C13H12N2O2/c1-8(2)9-4-3-5-10(6-9)11-7-12(13(16)17)15-14-11/h3-7H,1H2,2H3,(H,14,15)(H,16,17). The second-order valence-electron chi connectivity index (χ2n) is 3.83. The largest absolute Gasteiger partial charge is 0.477 e. The summed E-state index contributed by atoms with van der Waals surface area (Å²) in [6.07, 6.45) is 0. The van der Waals surface area contributed by atoms with Crippen molar-refractivity contribution in [3.05, 3.63) is 48.2 Å². The molecule has 0 amide bonds. The Bertz CT molecular complexity index is 585. The molecule has 0 fully saturated rings. The molecule has 2 aromatic rings. The minimum atomic E-state index is -1.01. The highest BCUT2D eigenvalue weighted by Crippen LogP contribution is 2.21. The number of aromatic amines is 1. The molecule has 4 nitrogen and oxygen atoms in total. The molecular weight excluding hydrogens is 216 g/mol. The molecule has 2 N–H and O–H groups in total. The van der Waals surface area contributed by atoms with E-state index >= 15 is 0 Å². The van der Waals surface area contributed by atoms with Crippen LogP contribution >= 0.6 is 0 Å². The van der Waals surface area contributed by atoms with E-state index in [2.05, 4.69) is 16.8 Å². The van der Waals surface area contributed by atoms with Gasteiger partial charge in [-0.05, 0) is 24.6 Å². The number of nitrogens with zero attached hydrogens (tertiary/aromatic N) is 1. The molecule has 2 rings (SSSR count). The van der Waals surface area contributed by atoms with Gasteiger partial charge in [-0.3, -0.25) is 5.10 Å². The Morgan fingerprint density at radius 1 is 1.41 bits per heavy atom. The number of carboxylic acids is 1. The Labute approximate surface area is 98.6 Å². The first-order valence-electron chi connectivity index (χ1n) is 5.13. The summed E-state index contributed by atoms with van der Waals surface area (Å²) in [6.45, 7) is 5.79. The molecule has 0 unspecified atom stereocenters. The third-order valence-corrected chi connectivity index (χ3v) is 2.46. The summed E-state index contributed by atoms with van der Waals surface area (Å²) in [7, 11) is 0. The molecule has 86 valence electrons. The molecule has 4 heteroatoms. The number of rotatable bonds is 3. The Balaban J connectivity index is 2.42. The zero-order chi connectivity index (χ0) is 12.4. The Morgan fingerprint density at radius 2 is 2.18 bits per heavy atom. The average Bonchev–Trinajstić information content (AvgIpc) is 2.78. The van der Waals surface area contributed by atoms with Crippen molar-refractivity contribution in [2.45, 2.75) is 6.92 Å². The zero-order valence-electron chi connectivity index (χ0n) is 9.40. The predicted molar refractivity (Wildman–Crippen MR) is 65.7 cm³/mol. The van der Waals surface area contributed by atoms with Crippen molar-refractivity contribution >= 4 is 11.5 Å². The lowest BCUT2D eigenvalue weighted by molar-refractivity contribution is 0.0690. The SMILES string of the molecule is C=C(C)c1cccc(-c2cc(C(=O)O)[nH]n2)c1. The number of carboxylic acid groups (broad SMARTS) is 1. The van der Waals surface area contributed by atoms with Crippen LogP contribution in [-0.4, -0.2) is 21.3 Å². The number of nitrogens with one attached hydrogen (secondary N) is 1. The van der Waals surface area contributed by atoms with E-state index in [-0.39, 0.29) is 5.69 Å². The summed E-state index contributed by atoms with van der Waals surface area (Å²) in [5, 5.41) is 15.3. The molecule has 1 aromatic heterocycles. The van der Waals surface area contributed by atoms with Crippen molar-refractivity contribution in [2.75, 3.05) is 0 Å². The van der Waals surface area contributed by atoms with Gasteiger partial charge in [0, 0.05) is 5.56 Å². The van der Waals surface area contributed by atoms with Crippen molar-refractivity contribution in [2.24, 2.45) is 0 Å². The minimum Gasteiger partial charge on any atom is -0.477 e. The molecule has 1 heterocycles. The fourth-order valence-electron chi connectivity index (χ4n) is 1.52. The molecule has 0 aliphatic heterocycles. The average molecular weight is 228 g/mol. The second-order valence-corrected chi connectivity index (χ2v) is 3.83. The monoisotopic (exact) mass is 228 g/mol. The van der Waals surface area contributed by atoms with Crippen molar-refractivity contribution in [1.29, 1.82) is 0 Å². The maximum atomic E-state index is 10.7. The summed E-state index contributed by atoms with van der Waals surface area (Å²) < 4.78 is 0. The molecule has 1 aromatic carbocycles. The molecule has 0 saturated heterocycles. The van der Waals surface area contributed by atoms with E-state index in [1.54, 1.807) is 0 Å². The third kappa shape index (κ3) is 2.25. The molecule has 0 aliphatic carbocycles. The smallest absolute Gasteiger partial charge is 0.353 e. The van der Waals surface area contributed by atoms with Crippen LogP contribution in [0.15, 0.2) is 36.9 Å². The van der Waals surface area contributed by atoms with Gasteiger partial charge in [-0.15, -0.1) is 0 Å².